The molecule has 22 heavy (non-hydrogen) atoms. The van der Waals surface area contributed by atoms with E-state index in [0.29, 0.717) is 21.4 Å². The zero-order valence-electron chi connectivity index (χ0n) is 11.7. The van der Waals surface area contributed by atoms with Crippen LogP contribution in [0.1, 0.15) is 11.1 Å². The summed E-state index contributed by atoms with van der Waals surface area (Å²) in [6.07, 6.45) is 0. The largest absolute Gasteiger partial charge is 0.317 e. The van der Waals surface area contributed by atoms with E-state index in [0.717, 1.165) is 5.56 Å². The number of aryl methyl sites for hydroxylation is 1. The summed E-state index contributed by atoms with van der Waals surface area (Å²) >= 11 is 3.32. The molecule has 5 nitrogen and oxygen atoms in total. The molecular weight excluding hydrogens is 346 g/mol. The van der Waals surface area contributed by atoms with Crippen molar-refractivity contribution in [3.05, 3.63) is 58.1 Å². The average Bonchev–Trinajstić information content (AvgIpc) is 2.50. The Kier molecular flexibility index (Phi) is 4.92. The highest BCUT2D eigenvalue weighted by atomic mass is 79.9. The second-order valence-electron chi connectivity index (χ2n) is 4.55. The molecule has 6 heteroatoms. The van der Waals surface area contributed by atoms with Crippen molar-refractivity contribution in [2.24, 2.45) is 0 Å². The molecular formula is C16H12BrN3O2. The van der Waals surface area contributed by atoms with Gasteiger partial charge in [0.05, 0.1) is 16.9 Å². The quantitative estimate of drug-likeness (QED) is 0.809. The summed E-state index contributed by atoms with van der Waals surface area (Å²) in [6.45, 7) is 1.92. The van der Waals surface area contributed by atoms with Crippen LogP contribution < -0.4 is 10.6 Å². The van der Waals surface area contributed by atoms with Gasteiger partial charge in [-0.1, -0.05) is 18.2 Å². The van der Waals surface area contributed by atoms with Gasteiger partial charge < -0.3 is 10.6 Å². The van der Waals surface area contributed by atoms with E-state index in [9.17, 15) is 9.59 Å². The fraction of sp³-hybridized carbons (Fsp3) is 0.0625. The second-order valence-corrected chi connectivity index (χ2v) is 5.40. The highest BCUT2D eigenvalue weighted by Gasteiger charge is 2.16. The molecule has 2 aromatic rings. The van der Waals surface area contributed by atoms with Gasteiger partial charge in [0.15, 0.2) is 0 Å². The van der Waals surface area contributed by atoms with E-state index in [-0.39, 0.29) is 0 Å². The lowest BCUT2D eigenvalue weighted by Crippen LogP contribution is -2.29. The van der Waals surface area contributed by atoms with Gasteiger partial charge in [0.25, 0.3) is 0 Å². The SMILES string of the molecule is Cc1ccc(NC(=O)C(=O)Nc2ccccc2C#N)c(Br)c1. The molecule has 2 amide bonds. The molecule has 2 N–H and O–H groups in total. The number of hydrogen-bond donors (Lipinski definition) is 2. The molecule has 0 aliphatic heterocycles. The van der Waals surface area contributed by atoms with Crippen molar-refractivity contribution < 1.29 is 9.59 Å². The average molecular weight is 358 g/mol. The summed E-state index contributed by atoms with van der Waals surface area (Å²) in [5.41, 5.74) is 2.12. The zero-order valence-corrected chi connectivity index (χ0v) is 13.3. The summed E-state index contributed by atoms with van der Waals surface area (Å²) in [7, 11) is 0. The van der Waals surface area contributed by atoms with Crippen LogP contribution in [0.4, 0.5) is 11.4 Å². The summed E-state index contributed by atoms with van der Waals surface area (Å²) in [5.74, 6) is -1.65. The number of amides is 2. The van der Waals surface area contributed by atoms with E-state index in [1.807, 2.05) is 25.1 Å². The first-order chi connectivity index (χ1) is 10.5. The number of nitriles is 1. The Bertz CT molecular complexity index is 781. The van der Waals surface area contributed by atoms with Gasteiger partial charge in [0.2, 0.25) is 0 Å². The van der Waals surface area contributed by atoms with Crippen LogP contribution in [0.25, 0.3) is 0 Å². The molecule has 0 radical (unpaired) electrons. The number of halogens is 1. The molecule has 0 bridgehead atoms. The Labute approximate surface area is 136 Å². The maximum absolute atomic E-state index is 11.9. The number of carbonyl (C=O) groups excluding carboxylic acids is 2. The maximum Gasteiger partial charge on any atom is 0.314 e. The highest BCUT2D eigenvalue weighted by molar-refractivity contribution is 9.10. The molecule has 0 saturated heterocycles. The van der Waals surface area contributed by atoms with E-state index in [4.69, 9.17) is 5.26 Å². The maximum atomic E-state index is 11.9. The van der Waals surface area contributed by atoms with Crippen LogP contribution in [0.3, 0.4) is 0 Å². The first kappa shape index (κ1) is 15.7. The normalized spacial score (nSPS) is 9.68. The van der Waals surface area contributed by atoms with Crippen molar-refractivity contribution in [3.63, 3.8) is 0 Å². The Balaban J connectivity index is 2.10. The van der Waals surface area contributed by atoms with Crippen LogP contribution >= 0.6 is 15.9 Å². The molecule has 0 heterocycles. The highest BCUT2D eigenvalue weighted by Crippen LogP contribution is 2.23. The van der Waals surface area contributed by atoms with Gasteiger partial charge in [-0.3, -0.25) is 9.59 Å². The van der Waals surface area contributed by atoms with Crippen LogP contribution in [0.15, 0.2) is 46.9 Å². The van der Waals surface area contributed by atoms with Gasteiger partial charge in [-0.2, -0.15) is 5.26 Å². The van der Waals surface area contributed by atoms with Crippen LogP contribution in [-0.2, 0) is 9.59 Å². The van der Waals surface area contributed by atoms with Gasteiger partial charge in [-0.15, -0.1) is 0 Å². The molecule has 0 atom stereocenters. The molecule has 0 aliphatic carbocycles. The van der Waals surface area contributed by atoms with Gasteiger partial charge in [-0.25, -0.2) is 0 Å². The smallest absolute Gasteiger partial charge is 0.314 e. The lowest BCUT2D eigenvalue weighted by Gasteiger charge is -2.09. The predicted molar refractivity (Wildman–Crippen MR) is 87.3 cm³/mol. The molecule has 2 rings (SSSR count). The molecule has 0 aromatic heterocycles. The molecule has 0 spiro atoms. The number of benzene rings is 2. The lowest BCUT2D eigenvalue weighted by molar-refractivity contribution is -0.133. The Hall–Kier alpha value is -2.65. The fourth-order valence-electron chi connectivity index (χ4n) is 1.77. The third kappa shape index (κ3) is 3.71. The Morgan fingerprint density at radius 1 is 1.05 bits per heavy atom. The van der Waals surface area contributed by atoms with Crippen LogP contribution in [-0.4, -0.2) is 11.8 Å². The van der Waals surface area contributed by atoms with Gasteiger partial charge in [-0.05, 0) is 52.7 Å². The third-order valence-electron chi connectivity index (χ3n) is 2.87. The number of anilines is 2. The van der Waals surface area contributed by atoms with Gasteiger partial charge in [0.1, 0.15) is 6.07 Å². The van der Waals surface area contributed by atoms with E-state index in [1.54, 1.807) is 30.3 Å². The van der Waals surface area contributed by atoms with Crippen molar-refractivity contribution in [3.8, 4) is 6.07 Å². The van der Waals surface area contributed by atoms with Gasteiger partial charge in [0, 0.05) is 4.47 Å². The van der Waals surface area contributed by atoms with Crippen molar-refractivity contribution in [2.45, 2.75) is 6.92 Å². The number of para-hydroxylation sites is 1. The third-order valence-corrected chi connectivity index (χ3v) is 3.53. The minimum absolute atomic E-state index is 0.292. The van der Waals surface area contributed by atoms with Crippen molar-refractivity contribution in [1.82, 2.24) is 0 Å². The standard InChI is InChI=1S/C16H12BrN3O2/c1-10-6-7-14(12(17)8-10)20-16(22)15(21)19-13-5-3-2-4-11(13)9-18/h2-8H,1H3,(H,19,21)(H,20,22). The van der Waals surface area contributed by atoms with E-state index in [2.05, 4.69) is 26.6 Å². The molecule has 110 valence electrons. The summed E-state index contributed by atoms with van der Waals surface area (Å²) < 4.78 is 0.686. The minimum atomic E-state index is -0.838. The summed E-state index contributed by atoms with van der Waals surface area (Å²) in [6, 6.07) is 13.8. The molecule has 0 saturated carbocycles. The monoisotopic (exact) mass is 357 g/mol. The van der Waals surface area contributed by atoms with Crippen molar-refractivity contribution in [1.29, 1.82) is 5.26 Å². The number of carbonyl (C=O) groups is 2. The summed E-state index contributed by atoms with van der Waals surface area (Å²) in [4.78, 5) is 23.8. The number of hydrogen-bond acceptors (Lipinski definition) is 3. The number of nitrogens with one attached hydrogen (secondary N) is 2. The van der Waals surface area contributed by atoms with Crippen molar-refractivity contribution in [2.75, 3.05) is 10.6 Å². The Morgan fingerprint density at radius 2 is 1.68 bits per heavy atom. The van der Waals surface area contributed by atoms with E-state index < -0.39 is 11.8 Å². The lowest BCUT2D eigenvalue weighted by atomic mass is 10.2. The minimum Gasteiger partial charge on any atom is -0.317 e. The number of rotatable bonds is 2. The molecule has 0 aliphatic rings. The van der Waals surface area contributed by atoms with Crippen LogP contribution in [0.5, 0.6) is 0 Å². The van der Waals surface area contributed by atoms with Crippen LogP contribution in [0, 0.1) is 18.3 Å². The molecule has 2 aromatic carbocycles. The first-order valence-electron chi connectivity index (χ1n) is 6.39. The predicted octanol–water partition coefficient (Wildman–Crippen LogP) is 3.21. The first-order valence-corrected chi connectivity index (χ1v) is 7.18. The van der Waals surface area contributed by atoms with Crippen LogP contribution in [0.2, 0.25) is 0 Å². The number of nitrogens with zero attached hydrogens (tertiary/aromatic N) is 1. The topological polar surface area (TPSA) is 82.0 Å². The second kappa shape index (κ2) is 6.87. The van der Waals surface area contributed by atoms with E-state index in [1.165, 1.54) is 0 Å². The van der Waals surface area contributed by atoms with Crippen molar-refractivity contribution >= 4 is 39.1 Å². The summed E-state index contributed by atoms with van der Waals surface area (Å²) in [5, 5.41) is 13.9. The molecule has 0 unspecified atom stereocenters. The van der Waals surface area contributed by atoms with Gasteiger partial charge >= 0.3 is 11.8 Å². The Morgan fingerprint density at radius 3 is 2.32 bits per heavy atom. The fourth-order valence-corrected chi connectivity index (χ4v) is 2.36. The van der Waals surface area contributed by atoms with E-state index >= 15 is 0 Å². The zero-order chi connectivity index (χ0) is 16.1. The molecule has 0 fully saturated rings.